The van der Waals surface area contributed by atoms with Crippen molar-refractivity contribution in [3.05, 3.63) is 64.4 Å². The maximum Gasteiger partial charge on any atom is 0.218 e. The van der Waals surface area contributed by atoms with Gasteiger partial charge in [-0.2, -0.15) is 15.2 Å². The van der Waals surface area contributed by atoms with Gasteiger partial charge in [-0.1, -0.05) is 17.4 Å². The second kappa shape index (κ2) is 8.91. The van der Waals surface area contributed by atoms with Crippen LogP contribution in [0.15, 0.2) is 42.9 Å². The number of nitrogens with one attached hydrogen (secondary N) is 1. The summed E-state index contributed by atoms with van der Waals surface area (Å²) in [6.45, 7) is 4.98. The van der Waals surface area contributed by atoms with Gasteiger partial charge in [0.15, 0.2) is 0 Å². The van der Waals surface area contributed by atoms with E-state index < -0.39 is 0 Å². The van der Waals surface area contributed by atoms with Crippen molar-refractivity contribution in [3.8, 4) is 17.0 Å². The monoisotopic (exact) mass is 446 g/mol. The minimum atomic E-state index is 0.417. The quantitative estimate of drug-likeness (QED) is 0.434. The average Bonchev–Trinajstić information content (AvgIpc) is 3.48. The Morgan fingerprint density at radius 2 is 1.97 bits per heavy atom. The van der Waals surface area contributed by atoms with Gasteiger partial charge in [-0.3, -0.25) is 4.98 Å². The second-order valence-corrected chi connectivity index (χ2v) is 8.99. The van der Waals surface area contributed by atoms with Gasteiger partial charge in [-0.05, 0) is 32.4 Å². The molecule has 1 saturated carbocycles. The van der Waals surface area contributed by atoms with E-state index in [1.54, 1.807) is 23.7 Å². The Kier molecular flexibility index (Phi) is 5.68. The van der Waals surface area contributed by atoms with E-state index >= 15 is 0 Å². The molecule has 32 heavy (non-hydrogen) atoms. The summed E-state index contributed by atoms with van der Waals surface area (Å²) in [5.41, 5.74) is 3.15. The lowest BCUT2D eigenvalue weighted by atomic mass is 10.1. The molecule has 0 radical (unpaired) electrons. The van der Waals surface area contributed by atoms with Gasteiger partial charge in [0.25, 0.3) is 0 Å². The smallest absolute Gasteiger partial charge is 0.218 e. The van der Waals surface area contributed by atoms with Gasteiger partial charge in [-0.15, -0.1) is 10.2 Å². The summed E-state index contributed by atoms with van der Waals surface area (Å²) in [6, 6.07) is 7.93. The van der Waals surface area contributed by atoms with E-state index in [2.05, 4.69) is 52.8 Å². The predicted molar refractivity (Wildman–Crippen MR) is 120 cm³/mol. The molecule has 2 atom stereocenters. The molecule has 1 fully saturated rings. The summed E-state index contributed by atoms with van der Waals surface area (Å²) in [5, 5.41) is 21.0. The van der Waals surface area contributed by atoms with Crippen LogP contribution in [0.4, 0.5) is 5.82 Å². The van der Waals surface area contributed by atoms with Gasteiger partial charge in [-0.25, -0.2) is 4.98 Å². The molecule has 0 aliphatic heterocycles. The molecular weight excluding hydrogens is 424 g/mol. The van der Waals surface area contributed by atoms with Crippen LogP contribution in [0.5, 0.6) is 5.88 Å². The fraction of sp³-hybridized carbons (Fsp3) is 0.318. The van der Waals surface area contributed by atoms with Crippen LogP contribution in [-0.4, -0.2) is 42.0 Å². The van der Waals surface area contributed by atoms with E-state index in [0.29, 0.717) is 36.7 Å². The van der Waals surface area contributed by atoms with E-state index in [1.807, 2.05) is 32.2 Å². The van der Waals surface area contributed by atoms with Crippen molar-refractivity contribution in [1.82, 2.24) is 35.3 Å². The molecule has 162 valence electrons. The first kappa shape index (κ1) is 20.4. The number of hydrogen-bond donors (Lipinski definition) is 1. The van der Waals surface area contributed by atoms with E-state index in [0.717, 1.165) is 39.1 Å². The molecular formula is C22H22N8OS. The fourth-order valence-corrected chi connectivity index (χ4v) is 4.17. The molecule has 2 unspecified atom stereocenters. The second-order valence-electron chi connectivity index (χ2n) is 7.72. The molecule has 1 aliphatic rings. The number of anilines is 1. The van der Waals surface area contributed by atoms with Gasteiger partial charge in [0, 0.05) is 40.9 Å². The van der Waals surface area contributed by atoms with Crippen LogP contribution in [-0.2, 0) is 6.54 Å². The third kappa shape index (κ3) is 4.86. The van der Waals surface area contributed by atoms with E-state index in [9.17, 15) is 0 Å². The minimum absolute atomic E-state index is 0.417. The molecule has 1 aliphatic carbocycles. The molecule has 0 bridgehead atoms. The van der Waals surface area contributed by atoms with Gasteiger partial charge in [0.2, 0.25) is 5.88 Å². The van der Waals surface area contributed by atoms with Gasteiger partial charge < -0.3 is 10.1 Å². The molecule has 4 aromatic rings. The highest BCUT2D eigenvalue weighted by Gasteiger charge is 2.40. The van der Waals surface area contributed by atoms with Gasteiger partial charge in [0.1, 0.15) is 21.7 Å². The van der Waals surface area contributed by atoms with Crippen LogP contribution in [0.1, 0.15) is 33.9 Å². The maximum absolute atomic E-state index is 5.99. The Labute approximate surface area is 189 Å². The largest absolute Gasteiger partial charge is 0.477 e. The fourth-order valence-electron chi connectivity index (χ4n) is 3.52. The first-order valence-corrected chi connectivity index (χ1v) is 11.2. The Morgan fingerprint density at radius 1 is 1.06 bits per heavy atom. The Bertz CT molecular complexity index is 1200. The van der Waals surface area contributed by atoms with Crippen LogP contribution in [0.2, 0.25) is 0 Å². The molecule has 9 nitrogen and oxygen atoms in total. The number of nitrogens with zero attached hydrogens (tertiary/aromatic N) is 7. The normalized spacial score (nSPS) is 17.2. The lowest BCUT2D eigenvalue weighted by Crippen LogP contribution is -2.07. The molecule has 0 amide bonds. The molecule has 4 aromatic heterocycles. The standard InChI is InChI=1S/C22H22N8OS/c1-13-27-20(24-11-22-30-29-14(2)32-22)8-21(28-13)31-12-17-7-18(17)19-4-3-15(9-23-19)16-5-6-25-26-10-16/h3-6,8-10,17-18H,7,11-12H2,1-2H3,(H,24,27,28). The van der Waals surface area contributed by atoms with E-state index in [1.165, 1.54) is 0 Å². The zero-order valence-corrected chi connectivity index (χ0v) is 18.6. The molecule has 4 heterocycles. The molecule has 10 heteroatoms. The summed E-state index contributed by atoms with van der Waals surface area (Å²) >= 11 is 1.56. The third-order valence-electron chi connectivity index (χ3n) is 5.25. The lowest BCUT2D eigenvalue weighted by Gasteiger charge is -2.09. The van der Waals surface area contributed by atoms with Crippen LogP contribution >= 0.6 is 11.3 Å². The Hall–Kier alpha value is -3.53. The van der Waals surface area contributed by atoms with Crippen molar-refractivity contribution in [2.75, 3.05) is 11.9 Å². The Balaban J connectivity index is 1.16. The molecule has 1 N–H and O–H groups in total. The zero-order valence-electron chi connectivity index (χ0n) is 17.8. The number of rotatable bonds is 8. The van der Waals surface area contributed by atoms with Crippen LogP contribution in [0.25, 0.3) is 11.1 Å². The summed E-state index contributed by atoms with van der Waals surface area (Å²) in [7, 11) is 0. The Morgan fingerprint density at radius 3 is 2.72 bits per heavy atom. The molecule has 0 aromatic carbocycles. The van der Waals surface area contributed by atoms with E-state index in [-0.39, 0.29) is 0 Å². The van der Waals surface area contributed by atoms with Crippen molar-refractivity contribution < 1.29 is 4.74 Å². The zero-order chi connectivity index (χ0) is 21.9. The van der Waals surface area contributed by atoms with Crippen molar-refractivity contribution in [2.45, 2.75) is 32.7 Å². The highest BCUT2D eigenvalue weighted by atomic mass is 32.1. The number of hydrogen-bond acceptors (Lipinski definition) is 10. The average molecular weight is 447 g/mol. The maximum atomic E-state index is 5.99. The third-order valence-corrected chi connectivity index (χ3v) is 6.09. The number of aromatic nitrogens is 7. The van der Waals surface area contributed by atoms with Gasteiger partial charge >= 0.3 is 0 Å². The SMILES string of the molecule is Cc1nc(NCc2nnc(C)s2)cc(OCC2CC2c2ccc(-c3ccnnc3)cn2)n1. The predicted octanol–water partition coefficient (Wildman–Crippen LogP) is 3.59. The van der Waals surface area contributed by atoms with Crippen LogP contribution in [0, 0.1) is 19.8 Å². The van der Waals surface area contributed by atoms with E-state index in [4.69, 9.17) is 4.74 Å². The first-order valence-electron chi connectivity index (χ1n) is 10.4. The number of ether oxygens (including phenoxy) is 1. The molecule has 5 rings (SSSR count). The van der Waals surface area contributed by atoms with Crippen LogP contribution in [0.3, 0.4) is 0 Å². The van der Waals surface area contributed by atoms with Crippen molar-refractivity contribution in [1.29, 1.82) is 0 Å². The molecule has 0 spiro atoms. The van der Waals surface area contributed by atoms with Crippen molar-refractivity contribution in [3.63, 3.8) is 0 Å². The van der Waals surface area contributed by atoms with Crippen molar-refractivity contribution in [2.24, 2.45) is 5.92 Å². The highest BCUT2D eigenvalue weighted by molar-refractivity contribution is 7.11. The minimum Gasteiger partial charge on any atom is -0.477 e. The summed E-state index contributed by atoms with van der Waals surface area (Å²) in [6.07, 6.45) is 6.39. The summed E-state index contributed by atoms with van der Waals surface area (Å²) < 4.78 is 5.99. The van der Waals surface area contributed by atoms with Crippen molar-refractivity contribution >= 4 is 17.2 Å². The number of pyridine rings is 1. The van der Waals surface area contributed by atoms with Crippen LogP contribution < -0.4 is 10.1 Å². The number of aryl methyl sites for hydroxylation is 2. The van der Waals surface area contributed by atoms with Gasteiger partial charge in [0.05, 0.1) is 25.5 Å². The first-order chi connectivity index (χ1) is 15.6. The summed E-state index contributed by atoms with van der Waals surface area (Å²) in [4.78, 5) is 13.5. The molecule has 0 saturated heterocycles. The topological polar surface area (TPSA) is 111 Å². The lowest BCUT2D eigenvalue weighted by molar-refractivity contribution is 0.284. The summed E-state index contributed by atoms with van der Waals surface area (Å²) in [5.74, 6) is 2.81. The highest BCUT2D eigenvalue weighted by Crippen LogP contribution is 2.46.